The molecule has 0 spiro atoms. The van der Waals surface area contributed by atoms with Crippen LogP contribution >= 0.6 is 11.8 Å². The van der Waals surface area contributed by atoms with Gasteiger partial charge in [-0.3, -0.25) is 9.36 Å². The summed E-state index contributed by atoms with van der Waals surface area (Å²) in [4.78, 5) is 12.1. The van der Waals surface area contributed by atoms with Gasteiger partial charge in [0.2, 0.25) is 5.91 Å². The standard InChI is InChI=1S/C22H32N4OS/c1-15(2)23-19(27)14-28-21-25-24-20(26(21)18-8-6-7-9-18)16-10-12-17(13-11-16)22(3,4)5/h10-13,15,18H,6-9,14H2,1-5H3,(H,23,27). The molecule has 1 aliphatic carbocycles. The number of aromatic nitrogens is 3. The van der Waals surface area contributed by atoms with E-state index in [2.05, 4.69) is 65.1 Å². The van der Waals surface area contributed by atoms with E-state index in [1.165, 1.54) is 30.2 Å². The highest BCUT2D eigenvalue weighted by Crippen LogP contribution is 2.37. The van der Waals surface area contributed by atoms with Crippen molar-refractivity contribution in [2.75, 3.05) is 5.75 Å². The van der Waals surface area contributed by atoms with Gasteiger partial charge in [-0.1, -0.05) is 69.6 Å². The monoisotopic (exact) mass is 400 g/mol. The number of hydrogen-bond acceptors (Lipinski definition) is 4. The molecule has 5 nitrogen and oxygen atoms in total. The van der Waals surface area contributed by atoms with Crippen LogP contribution in [0.5, 0.6) is 0 Å². The highest BCUT2D eigenvalue weighted by atomic mass is 32.2. The van der Waals surface area contributed by atoms with Crippen molar-refractivity contribution in [3.63, 3.8) is 0 Å². The Balaban J connectivity index is 1.87. The predicted octanol–water partition coefficient (Wildman–Crippen LogP) is 4.97. The Morgan fingerprint density at radius 2 is 1.82 bits per heavy atom. The lowest BCUT2D eigenvalue weighted by atomic mass is 9.86. The summed E-state index contributed by atoms with van der Waals surface area (Å²) >= 11 is 1.48. The van der Waals surface area contributed by atoms with E-state index in [0.717, 1.165) is 29.4 Å². The molecule has 0 aliphatic heterocycles. The highest BCUT2D eigenvalue weighted by molar-refractivity contribution is 7.99. The van der Waals surface area contributed by atoms with Crippen LogP contribution in [0.3, 0.4) is 0 Å². The molecule has 1 aromatic carbocycles. The third kappa shape index (κ3) is 4.96. The lowest BCUT2D eigenvalue weighted by Gasteiger charge is -2.20. The Bertz CT molecular complexity index is 799. The van der Waals surface area contributed by atoms with Gasteiger partial charge in [-0.05, 0) is 37.7 Å². The summed E-state index contributed by atoms with van der Waals surface area (Å²) in [5.74, 6) is 1.32. The minimum Gasteiger partial charge on any atom is -0.353 e. The molecule has 6 heteroatoms. The van der Waals surface area contributed by atoms with Gasteiger partial charge in [0.15, 0.2) is 11.0 Å². The fourth-order valence-corrected chi connectivity index (χ4v) is 4.49. The van der Waals surface area contributed by atoms with Gasteiger partial charge in [-0.15, -0.1) is 10.2 Å². The molecule has 1 fully saturated rings. The SMILES string of the molecule is CC(C)NC(=O)CSc1nnc(-c2ccc(C(C)(C)C)cc2)n1C1CCCC1. The zero-order valence-corrected chi connectivity index (χ0v) is 18.5. The van der Waals surface area contributed by atoms with E-state index in [1.807, 2.05) is 13.8 Å². The number of thioether (sulfide) groups is 1. The van der Waals surface area contributed by atoms with Crippen molar-refractivity contribution in [3.05, 3.63) is 29.8 Å². The van der Waals surface area contributed by atoms with E-state index < -0.39 is 0 Å². The summed E-state index contributed by atoms with van der Waals surface area (Å²) in [7, 11) is 0. The molecule has 1 amide bonds. The molecule has 3 rings (SSSR count). The van der Waals surface area contributed by atoms with E-state index in [1.54, 1.807) is 0 Å². The zero-order chi connectivity index (χ0) is 20.3. The summed E-state index contributed by atoms with van der Waals surface area (Å²) < 4.78 is 2.27. The van der Waals surface area contributed by atoms with Crippen molar-refractivity contribution in [2.45, 2.75) is 83.0 Å². The number of carbonyl (C=O) groups is 1. The zero-order valence-electron chi connectivity index (χ0n) is 17.7. The second kappa shape index (κ2) is 8.68. The van der Waals surface area contributed by atoms with Crippen LogP contribution in [0.4, 0.5) is 0 Å². The summed E-state index contributed by atoms with van der Waals surface area (Å²) in [5.41, 5.74) is 2.52. The first kappa shape index (κ1) is 20.9. The van der Waals surface area contributed by atoms with Crippen molar-refractivity contribution in [2.24, 2.45) is 0 Å². The average Bonchev–Trinajstić information content (AvgIpc) is 3.28. The molecule has 1 saturated carbocycles. The van der Waals surface area contributed by atoms with Gasteiger partial charge < -0.3 is 5.32 Å². The maximum Gasteiger partial charge on any atom is 0.230 e. The lowest BCUT2D eigenvalue weighted by molar-refractivity contribution is -0.119. The summed E-state index contributed by atoms with van der Waals surface area (Å²) in [6.45, 7) is 10.6. The highest BCUT2D eigenvalue weighted by Gasteiger charge is 2.25. The van der Waals surface area contributed by atoms with Gasteiger partial charge >= 0.3 is 0 Å². The number of benzene rings is 1. The van der Waals surface area contributed by atoms with Crippen LogP contribution in [0.2, 0.25) is 0 Å². The maximum atomic E-state index is 12.1. The van der Waals surface area contributed by atoms with E-state index in [-0.39, 0.29) is 17.4 Å². The Kier molecular flexibility index (Phi) is 6.48. The first-order valence-electron chi connectivity index (χ1n) is 10.2. The number of nitrogens with zero attached hydrogens (tertiary/aromatic N) is 3. The van der Waals surface area contributed by atoms with Crippen LogP contribution in [0.1, 0.15) is 71.9 Å². The fraction of sp³-hybridized carbons (Fsp3) is 0.591. The van der Waals surface area contributed by atoms with E-state index >= 15 is 0 Å². The van der Waals surface area contributed by atoms with Crippen LogP contribution in [0.25, 0.3) is 11.4 Å². The van der Waals surface area contributed by atoms with Crippen molar-refractivity contribution in [1.82, 2.24) is 20.1 Å². The average molecular weight is 401 g/mol. The maximum absolute atomic E-state index is 12.1. The molecule has 2 aromatic rings. The molecule has 0 unspecified atom stereocenters. The Hall–Kier alpha value is -1.82. The van der Waals surface area contributed by atoms with Crippen LogP contribution < -0.4 is 5.32 Å². The van der Waals surface area contributed by atoms with Crippen molar-refractivity contribution in [1.29, 1.82) is 0 Å². The van der Waals surface area contributed by atoms with Gasteiger partial charge in [-0.25, -0.2) is 0 Å². The van der Waals surface area contributed by atoms with E-state index in [0.29, 0.717) is 11.8 Å². The Morgan fingerprint density at radius 1 is 1.18 bits per heavy atom. The molecular weight excluding hydrogens is 368 g/mol. The summed E-state index contributed by atoms with van der Waals surface area (Å²) in [6, 6.07) is 9.24. The molecule has 1 N–H and O–H groups in total. The number of nitrogens with one attached hydrogen (secondary N) is 1. The number of amides is 1. The molecule has 1 heterocycles. The number of rotatable bonds is 6. The fourth-order valence-electron chi connectivity index (χ4n) is 3.68. The largest absolute Gasteiger partial charge is 0.353 e. The first-order valence-corrected chi connectivity index (χ1v) is 11.2. The van der Waals surface area contributed by atoms with Crippen molar-refractivity contribution < 1.29 is 4.79 Å². The van der Waals surface area contributed by atoms with Crippen LogP contribution in [0.15, 0.2) is 29.4 Å². The quantitative estimate of drug-likeness (QED) is 0.695. The van der Waals surface area contributed by atoms with Gasteiger partial charge in [0.1, 0.15) is 0 Å². The summed E-state index contributed by atoms with van der Waals surface area (Å²) in [5, 5.41) is 12.8. The lowest BCUT2D eigenvalue weighted by Crippen LogP contribution is -2.31. The predicted molar refractivity (Wildman–Crippen MR) is 116 cm³/mol. The van der Waals surface area contributed by atoms with Crippen LogP contribution in [-0.2, 0) is 10.2 Å². The van der Waals surface area contributed by atoms with Gasteiger partial charge in [-0.2, -0.15) is 0 Å². The van der Waals surface area contributed by atoms with Crippen molar-refractivity contribution >= 4 is 17.7 Å². The van der Waals surface area contributed by atoms with Gasteiger partial charge in [0, 0.05) is 17.6 Å². The molecule has 152 valence electrons. The normalized spacial score (nSPS) is 15.4. The molecule has 0 saturated heterocycles. The Labute approximate surface area is 172 Å². The first-order chi connectivity index (χ1) is 13.3. The molecule has 1 aliphatic rings. The smallest absolute Gasteiger partial charge is 0.230 e. The van der Waals surface area contributed by atoms with Crippen LogP contribution in [0, 0.1) is 0 Å². The number of carbonyl (C=O) groups excluding carboxylic acids is 1. The van der Waals surface area contributed by atoms with Gasteiger partial charge in [0.05, 0.1) is 5.75 Å². The number of hydrogen-bond donors (Lipinski definition) is 1. The molecule has 0 atom stereocenters. The minimum absolute atomic E-state index is 0.0389. The third-order valence-corrected chi connectivity index (χ3v) is 6.09. The minimum atomic E-state index is 0.0389. The molecule has 1 aromatic heterocycles. The second-order valence-electron chi connectivity index (χ2n) is 8.95. The second-order valence-corrected chi connectivity index (χ2v) is 9.90. The van der Waals surface area contributed by atoms with Crippen molar-refractivity contribution in [3.8, 4) is 11.4 Å². The molecule has 0 bridgehead atoms. The topological polar surface area (TPSA) is 59.8 Å². The molecule has 28 heavy (non-hydrogen) atoms. The summed E-state index contributed by atoms with van der Waals surface area (Å²) in [6.07, 6.45) is 4.78. The van der Waals surface area contributed by atoms with E-state index in [4.69, 9.17) is 0 Å². The van der Waals surface area contributed by atoms with E-state index in [9.17, 15) is 4.79 Å². The van der Waals surface area contributed by atoms with Crippen LogP contribution in [-0.4, -0.2) is 32.5 Å². The molecule has 0 radical (unpaired) electrons. The third-order valence-electron chi connectivity index (χ3n) is 5.15. The van der Waals surface area contributed by atoms with Gasteiger partial charge in [0.25, 0.3) is 0 Å². The Morgan fingerprint density at radius 3 is 2.39 bits per heavy atom. The molecular formula is C22H32N4OS.